The largest absolute Gasteiger partial charge is 0.352 e. The molecule has 2 aromatic rings. The van der Waals surface area contributed by atoms with Crippen molar-refractivity contribution in [3.8, 4) is 0 Å². The number of halogens is 3. The van der Waals surface area contributed by atoms with Crippen LogP contribution in [0.3, 0.4) is 0 Å². The van der Waals surface area contributed by atoms with E-state index in [0.29, 0.717) is 40.9 Å². The number of rotatable bonds is 12. The number of benzene rings is 2. The lowest BCUT2D eigenvalue weighted by atomic mass is 10.1. The topological polar surface area (TPSA) is 49.4 Å². The van der Waals surface area contributed by atoms with Crippen molar-refractivity contribution >= 4 is 58.4 Å². The molecule has 0 bridgehead atoms. The summed E-state index contributed by atoms with van der Waals surface area (Å²) in [5, 5.41) is 4.61. The molecule has 0 aromatic heterocycles. The molecule has 4 nitrogen and oxygen atoms in total. The summed E-state index contributed by atoms with van der Waals surface area (Å²) in [6.07, 6.45) is 2.40. The lowest BCUT2D eigenvalue weighted by molar-refractivity contribution is -0.141. The maximum absolute atomic E-state index is 13.3. The Bertz CT molecular complexity index is 924. The SMILES string of the molecule is CC[C@@H](C)NC(=O)[C@@H](CC)N(Cc1ccc(Cl)c(Cl)c1)C(=O)CCCSc1ccc(Cl)cc1. The van der Waals surface area contributed by atoms with Gasteiger partial charge in [-0.1, -0.05) is 54.7 Å². The first-order valence-electron chi connectivity index (χ1n) is 11.2. The molecule has 2 amide bonds. The zero-order valence-corrected chi connectivity index (χ0v) is 22.3. The number of carbonyl (C=O) groups is 2. The Balaban J connectivity index is 2.09. The number of amides is 2. The van der Waals surface area contributed by atoms with Crippen molar-refractivity contribution in [2.75, 3.05) is 5.75 Å². The molecule has 1 N–H and O–H groups in total. The summed E-state index contributed by atoms with van der Waals surface area (Å²) < 4.78 is 0. The van der Waals surface area contributed by atoms with Crippen molar-refractivity contribution in [3.63, 3.8) is 0 Å². The van der Waals surface area contributed by atoms with Crippen LogP contribution in [0.1, 0.15) is 52.0 Å². The zero-order valence-electron chi connectivity index (χ0n) is 19.2. The van der Waals surface area contributed by atoms with Crippen LogP contribution in [0.25, 0.3) is 0 Å². The summed E-state index contributed by atoms with van der Waals surface area (Å²) in [5.41, 5.74) is 0.836. The Morgan fingerprint density at radius 1 is 1.00 bits per heavy atom. The van der Waals surface area contributed by atoms with E-state index in [2.05, 4.69) is 5.32 Å². The maximum Gasteiger partial charge on any atom is 0.243 e. The molecule has 0 radical (unpaired) electrons. The molecule has 0 aliphatic carbocycles. The minimum absolute atomic E-state index is 0.0456. The minimum Gasteiger partial charge on any atom is -0.352 e. The highest BCUT2D eigenvalue weighted by Gasteiger charge is 2.29. The third kappa shape index (κ3) is 9.05. The fraction of sp³-hybridized carbons (Fsp3) is 0.440. The molecule has 2 atom stereocenters. The summed E-state index contributed by atoms with van der Waals surface area (Å²) in [7, 11) is 0. The monoisotopic (exact) mass is 528 g/mol. The van der Waals surface area contributed by atoms with Gasteiger partial charge in [0.05, 0.1) is 10.0 Å². The molecule has 0 saturated carbocycles. The van der Waals surface area contributed by atoms with Gasteiger partial charge in [0.1, 0.15) is 6.04 Å². The van der Waals surface area contributed by atoms with Crippen molar-refractivity contribution in [2.24, 2.45) is 0 Å². The molecule has 33 heavy (non-hydrogen) atoms. The van der Waals surface area contributed by atoms with Gasteiger partial charge in [-0.15, -0.1) is 11.8 Å². The van der Waals surface area contributed by atoms with E-state index >= 15 is 0 Å². The molecule has 0 heterocycles. The first-order chi connectivity index (χ1) is 15.7. The van der Waals surface area contributed by atoms with Gasteiger partial charge in [-0.2, -0.15) is 0 Å². The summed E-state index contributed by atoms with van der Waals surface area (Å²) in [6, 6.07) is 12.4. The second-order valence-corrected chi connectivity index (χ2v) is 10.3. The Kier molecular flexibility index (Phi) is 11.9. The van der Waals surface area contributed by atoms with Crippen molar-refractivity contribution in [2.45, 2.75) is 70.0 Å². The lowest BCUT2D eigenvalue weighted by Gasteiger charge is -2.31. The second-order valence-electron chi connectivity index (χ2n) is 7.92. The average Bonchev–Trinajstić information content (AvgIpc) is 2.79. The van der Waals surface area contributed by atoms with E-state index in [4.69, 9.17) is 34.8 Å². The fourth-order valence-corrected chi connectivity index (χ4v) is 4.58. The van der Waals surface area contributed by atoms with E-state index < -0.39 is 6.04 Å². The van der Waals surface area contributed by atoms with Gasteiger partial charge in [0.15, 0.2) is 0 Å². The van der Waals surface area contributed by atoms with Crippen molar-refractivity contribution in [1.82, 2.24) is 10.2 Å². The van der Waals surface area contributed by atoms with E-state index in [1.165, 1.54) is 0 Å². The molecule has 2 rings (SSSR count). The van der Waals surface area contributed by atoms with E-state index in [0.717, 1.165) is 22.6 Å². The summed E-state index contributed by atoms with van der Waals surface area (Å²) in [4.78, 5) is 29.0. The van der Waals surface area contributed by atoms with E-state index in [9.17, 15) is 9.59 Å². The molecule has 0 aliphatic heterocycles. The van der Waals surface area contributed by atoms with E-state index in [-0.39, 0.29) is 17.9 Å². The summed E-state index contributed by atoms with van der Waals surface area (Å²) in [5.74, 6) is 0.615. The Hall–Kier alpha value is -1.40. The van der Waals surface area contributed by atoms with Crippen molar-refractivity contribution < 1.29 is 9.59 Å². The van der Waals surface area contributed by atoms with Crippen molar-refractivity contribution in [1.29, 1.82) is 0 Å². The number of nitrogens with one attached hydrogen (secondary N) is 1. The highest BCUT2D eigenvalue weighted by atomic mass is 35.5. The first kappa shape index (κ1) is 27.8. The smallest absolute Gasteiger partial charge is 0.243 e. The molecule has 8 heteroatoms. The van der Waals surface area contributed by atoms with Gasteiger partial charge in [-0.25, -0.2) is 0 Å². The highest BCUT2D eigenvalue weighted by Crippen LogP contribution is 2.25. The minimum atomic E-state index is -0.551. The molecule has 0 aliphatic rings. The predicted octanol–water partition coefficient (Wildman–Crippen LogP) is 7.24. The van der Waals surface area contributed by atoms with Gasteiger partial charge in [-0.3, -0.25) is 9.59 Å². The lowest BCUT2D eigenvalue weighted by Crippen LogP contribution is -2.50. The van der Waals surface area contributed by atoms with Crippen LogP contribution in [0, 0.1) is 0 Å². The molecule has 0 spiro atoms. The molecule has 0 unspecified atom stereocenters. The molecule has 0 fully saturated rings. The predicted molar refractivity (Wildman–Crippen MR) is 140 cm³/mol. The Morgan fingerprint density at radius 2 is 1.70 bits per heavy atom. The molecular weight excluding hydrogens is 499 g/mol. The van der Waals surface area contributed by atoms with Gasteiger partial charge < -0.3 is 10.2 Å². The Labute approximate surface area is 216 Å². The van der Waals surface area contributed by atoms with Crippen LogP contribution in [0.5, 0.6) is 0 Å². The average molecular weight is 530 g/mol. The summed E-state index contributed by atoms with van der Waals surface area (Å²) in [6.45, 7) is 6.20. The van der Waals surface area contributed by atoms with Gasteiger partial charge in [0.25, 0.3) is 0 Å². The summed E-state index contributed by atoms with van der Waals surface area (Å²) >= 11 is 19.9. The molecular formula is C25H31Cl3N2O2S. The number of hydrogen-bond acceptors (Lipinski definition) is 3. The van der Waals surface area contributed by atoms with Crippen LogP contribution in [0.15, 0.2) is 47.4 Å². The standard InChI is InChI=1S/C25H31Cl3N2O2S/c1-4-17(3)29-25(32)23(5-2)30(16-18-8-13-21(27)22(28)15-18)24(31)7-6-14-33-20-11-9-19(26)10-12-20/h8-13,15,17,23H,4-7,14,16H2,1-3H3,(H,29,32)/t17-,23-/m1/s1. The van der Waals surface area contributed by atoms with Crippen LogP contribution >= 0.6 is 46.6 Å². The molecule has 2 aromatic carbocycles. The highest BCUT2D eigenvalue weighted by molar-refractivity contribution is 7.99. The third-order valence-corrected chi connectivity index (χ3v) is 7.43. The van der Waals surface area contributed by atoms with Crippen LogP contribution < -0.4 is 5.32 Å². The normalized spacial score (nSPS) is 12.8. The second kappa shape index (κ2) is 14.1. The quantitative estimate of drug-likeness (QED) is 0.233. The molecule has 0 saturated heterocycles. The van der Waals surface area contributed by atoms with Gasteiger partial charge in [0, 0.05) is 28.9 Å². The number of thioether (sulfide) groups is 1. The van der Waals surface area contributed by atoms with Gasteiger partial charge >= 0.3 is 0 Å². The Morgan fingerprint density at radius 3 is 2.30 bits per heavy atom. The fourth-order valence-electron chi connectivity index (χ4n) is 3.28. The van der Waals surface area contributed by atoms with Crippen LogP contribution in [-0.2, 0) is 16.1 Å². The number of nitrogens with zero attached hydrogens (tertiary/aromatic N) is 1. The maximum atomic E-state index is 13.3. The zero-order chi connectivity index (χ0) is 24.4. The van der Waals surface area contributed by atoms with Crippen LogP contribution in [0.2, 0.25) is 15.1 Å². The van der Waals surface area contributed by atoms with Crippen molar-refractivity contribution in [3.05, 3.63) is 63.1 Å². The number of hydrogen-bond donors (Lipinski definition) is 1. The third-order valence-electron chi connectivity index (χ3n) is 5.34. The molecule has 180 valence electrons. The van der Waals surface area contributed by atoms with Gasteiger partial charge in [0.2, 0.25) is 11.8 Å². The van der Waals surface area contributed by atoms with E-state index in [1.807, 2.05) is 51.1 Å². The first-order valence-corrected chi connectivity index (χ1v) is 13.3. The van der Waals surface area contributed by atoms with E-state index in [1.54, 1.807) is 28.8 Å². The van der Waals surface area contributed by atoms with Gasteiger partial charge in [-0.05, 0) is 73.9 Å². The van der Waals surface area contributed by atoms with Crippen LogP contribution in [-0.4, -0.2) is 34.6 Å². The number of carbonyl (C=O) groups excluding carboxylic acids is 2. The van der Waals surface area contributed by atoms with Crippen LogP contribution in [0.4, 0.5) is 0 Å².